The van der Waals surface area contributed by atoms with Crippen molar-refractivity contribution in [3.63, 3.8) is 0 Å². The zero-order valence-corrected chi connectivity index (χ0v) is 18.7. The highest BCUT2D eigenvalue weighted by Gasteiger charge is 2.12. The van der Waals surface area contributed by atoms with E-state index in [9.17, 15) is 4.79 Å². The second kappa shape index (κ2) is 10.6. The number of carboxylic acid groups (broad SMARTS) is 1. The van der Waals surface area contributed by atoms with E-state index in [1.54, 1.807) is 0 Å². The van der Waals surface area contributed by atoms with Gasteiger partial charge < -0.3 is 9.84 Å². The van der Waals surface area contributed by atoms with Gasteiger partial charge in [0.2, 0.25) is 0 Å². The van der Waals surface area contributed by atoms with Crippen molar-refractivity contribution in [3.8, 4) is 5.75 Å². The third kappa shape index (κ3) is 5.89. The third-order valence-corrected chi connectivity index (χ3v) is 5.69. The Kier molecular flexibility index (Phi) is 7.20. The number of hydrogen-bond donors (Lipinski definition) is 1. The normalized spacial score (nSPS) is 12.3. The van der Waals surface area contributed by atoms with Gasteiger partial charge >= 0.3 is 5.97 Å². The number of hydrogen-bond acceptors (Lipinski definition) is 3. The molecule has 0 fully saturated rings. The number of aliphatic carboxylic acids is 1. The lowest BCUT2D eigenvalue weighted by Crippen LogP contribution is -2.04. The summed E-state index contributed by atoms with van der Waals surface area (Å²) in [6, 6.07) is 24.4. The smallest absolute Gasteiger partial charge is 0.304 e. The topological polar surface area (TPSA) is 64.3 Å². The van der Waals surface area contributed by atoms with Crippen LogP contribution < -0.4 is 4.74 Å². The molecule has 4 aromatic rings. The monoisotopic (exact) mass is 440 g/mol. The number of fused-ring (bicyclic) bond motifs is 1. The second-order valence-corrected chi connectivity index (χ2v) is 8.08. The van der Waals surface area contributed by atoms with Crippen LogP contribution in [0, 0.1) is 0 Å². The quantitative estimate of drug-likeness (QED) is 0.308. The van der Waals surface area contributed by atoms with Gasteiger partial charge in [0.1, 0.15) is 12.4 Å². The number of aryl methyl sites for hydroxylation is 2. The summed E-state index contributed by atoms with van der Waals surface area (Å²) in [5.74, 6) is -0.188. The standard InChI is InChI=1S/C28H28N2O3/c1-2-6-24(18-28(31)32)23-10-12-26(13-11-23)33-20-22-9-14-27-25(17-22)19-29-30(27)16-15-21-7-4-3-5-8-21/h2-14,17,19,24H,15-16,18,20H2,1H3,(H,31,32)/t24-/m1/s1. The van der Waals surface area contributed by atoms with E-state index in [-0.39, 0.29) is 12.3 Å². The van der Waals surface area contributed by atoms with E-state index < -0.39 is 5.97 Å². The van der Waals surface area contributed by atoms with Crippen LogP contribution in [0.15, 0.2) is 91.1 Å². The summed E-state index contributed by atoms with van der Waals surface area (Å²) in [6.45, 7) is 3.19. The maximum atomic E-state index is 11.1. The number of nitrogens with zero attached hydrogens (tertiary/aromatic N) is 2. The summed E-state index contributed by atoms with van der Waals surface area (Å²) in [7, 11) is 0. The van der Waals surface area contributed by atoms with Gasteiger partial charge in [-0.1, -0.05) is 60.7 Å². The Morgan fingerprint density at radius 3 is 2.58 bits per heavy atom. The molecule has 0 aliphatic rings. The van der Waals surface area contributed by atoms with Crippen LogP contribution in [-0.2, 0) is 24.4 Å². The highest BCUT2D eigenvalue weighted by Crippen LogP contribution is 2.25. The van der Waals surface area contributed by atoms with Gasteiger partial charge in [-0.25, -0.2) is 0 Å². The summed E-state index contributed by atoms with van der Waals surface area (Å²) >= 11 is 0. The fourth-order valence-corrected chi connectivity index (χ4v) is 3.98. The Morgan fingerprint density at radius 1 is 1.06 bits per heavy atom. The lowest BCUT2D eigenvalue weighted by atomic mass is 9.95. The molecule has 0 aliphatic heterocycles. The third-order valence-electron chi connectivity index (χ3n) is 5.69. The molecule has 0 saturated heterocycles. The average Bonchev–Trinajstić information content (AvgIpc) is 3.24. The molecule has 0 aliphatic carbocycles. The van der Waals surface area contributed by atoms with E-state index in [0.717, 1.165) is 40.7 Å². The van der Waals surface area contributed by atoms with Gasteiger partial charge in [0, 0.05) is 17.8 Å². The van der Waals surface area contributed by atoms with Gasteiger partial charge in [0.05, 0.1) is 18.1 Å². The van der Waals surface area contributed by atoms with E-state index in [1.807, 2.05) is 60.3 Å². The predicted molar refractivity (Wildman–Crippen MR) is 130 cm³/mol. The molecule has 168 valence electrons. The molecule has 0 spiro atoms. The van der Waals surface area contributed by atoms with Crippen LogP contribution in [-0.4, -0.2) is 20.9 Å². The largest absolute Gasteiger partial charge is 0.489 e. The summed E-state index contributed by atoms with van der Waals surface area (Å²) < 4.78 is 8.01. The fourth-order valence-electron chi connectivity index (χ4n) is 3.98. The van der Waals surface area contributed by atoms with Gasteiger partial charge in [0.25, 0.3) is 0 Å². The fraction of sp³-hybridized carbons (Fsp3) is 0.214. The molecular weight excluding hydrogens is 412 g/mol. The van der Waals surface area contributed by atoms with Gasteiger partial charge in [-0.15, -0.1) is 0 Å². The molecule has 1 N–H and O–H groups in total. The van der Waals surface area contributed by atoms with Crippen LogP contribution in [0.4, 0.5) is 0 Å². The van der Waals surface area contributed by atoms with Crippen molar-refractivity contribution >= 4 is 16.9 Å². The lowest BCUT2D eigenvalue weighted by molar-refractivity contribution is -0.137. The molecule has 3 aromatic carbocycles. The van der Waals surface area contributed by atoms with Crippen molar-refractivity contribution in [1.82, 2.24) is 9.78 Å². The molecule has 5 heteroatoms. The minimum Gasteiger partial charge on any atom is -0.489 e. The van der Waals surface area contributed by atoms with Crippen LogP contribution in [0.2, 0.25) is 0 Å². The van der Waals surface area contributed by atoms with E-state index in [2.05, 4.69) is 47.6 Å². The zero-order chi connectivity index (χ0) is 23.0. The summed E-state index contributed by atoms with van der Waals surface area (Å²) in [5, 5.41) is 14.8. The van der Waals surface area contributed by atoms with Crippen molar-refractivity contribution in [2.75, 3.05) is 0 Å². The van der Waals surface area contributed by atoms with Crippen molar-refractivity contribution in [2.45, 2.75) is 38.8 Å². The van der Waals surface area contributed by atoms with Crippen LogP contribution in [0.25, 0.3) is 10.9 Å². The number of carboxylic acids is 1. The van der Waals surface area contributed by atoms with Crippen LogP contribution in [0.3, 0.4) is 0 Å². The van der Waals surface area contributed by atoms with Crippen molar-refractivity contribution in [2.24, 2.45) is 0 Å². The molecular formula is C28H28N2O3. The van der Waals surface area contributed by atoms with E-state index in [0.29, 0.717) is 6.61 Å². The predicted octanol–water partition coefficient (Wildman–Crippen LogP) is 5.99. The minimum atomic E-state index is -0.808. The maximum Gasteiger partial charge on any atom is 0.304 e. The first-order valence-corrected chi connectivity index (χ1v) is 11.2. The van der Waals surface area contributed by atoms with Crippen molar-refractivity contribution < 1.29 is 14.6 Å². The second-order valence-electron chi connectivity index (χ2n) is 8.08. The molecule has 0 bridgehead atoms. The number of ether oxygens (including phenoxy) is 1. The maximum absolute atomic E-state index is 11.1. The Morgan fingerprint density at radius 2 is 1.85 bits per heavy atom. The minimum absolute atomic E-state index is 0.0730. The Labute approximate surface area is 193 Å². The molecule has 0 radical (unpaired) electrons. The summed E-state index contributed by atoms with van der Waals surface area (Å²) in [5.41, 5.74) is 4.46. The molecule has 33 heavy (non-hydrogen) atoms. The molecule has 0 amide bonds. The Hall–Kier alpha value is -3.86. The molecule has 5 nitrogen and oxygen atoms in total. The van der Waals surface area contributed by atoms with Crippen LogP contribution >= 0.6 is 0 Å². The summed E-state index contributed by atoms with van der Waals surface area (Å²) in [4.78, 5) is 11.1. The number of allylic oxidation sites excluding steroid dienone is 2. The Bertz CT molecular complexity index is 1230. The van der Waals surface area contributed by atoms with Crippen molar-refractivity contribution in [3.05, 3.63) is 108 Å². The SMILES string of the molecule is CC=C[C@H](CC(=O)O)c1ccc(OCc2ccc3c(cnn3CCc3ccccc3)c2)cc1. The molecule has 4 rings (SSSR count). The summed E-state index contributed by atoms with van der Waals surface area (Å²) in [6.07, 6.45) is 6.73. The first-order valence-electron chi connectivity index (χ1n) is 11.2. The highest BCUT2D eigenvalue weighted by atomic mass is 16.5. The zero-order valence-electron chi connectivity index (χ0n) is 18.7. The van der Waals surface area contributed by atoms with E-state index >= 15 is 0 Å². The highest BCUT2D eigenvalue weighted by molar-refractivity contribution is 5.79. The number of rotatable bonds is 10. The number of benzene rings is 3. The molecule has 0 unspecified atom stereocenters. The van der Waals surface area contributed by atoms with E-state index in [4.69, 9.17) is 9.84 Å². The number of carbonyl (C=O) groups is 1. The van der Waals surface area contributed by atoms with Crippen molar-refractivity contribution in [1.29, 1.82) is 0 Å². The lowest BCUT2D eigenvalue weighted by Gasteiger charge is -2.12. The first kappa shape index (κ1) is 22.3. The first-order chi connectivity index (χ1) is 16.1. The average molecular weight is 441 g/mol. The molecule has 1 atom stereocenters. The molecule has 1 aromatic heterocycles. The van der Waals surface area contributed by atoms with Gasteiger partial charge in [-0.2, -0.15) is 5.10 Å². The molecule has 1 heterocycles. The Balaban J connectivity index is 1.37. The van der Waals surface area contributed by atoms with Gasteiger partial charge in [-0.3, -0.25) is 9.48 Å². The van der Waals surface area contributed by atoms with Gasteiger partial charge in [-0.05, 0) is 54.3 Å². The molecule has 0 saturated carbocycles. The van der Waals surface area contributed by atoms with Crippen LogP contribution in [0.1, 0.15) is 36.0 Å². The number of aromatic nitrogens is 2. The van der Waals surface area contributed by atoms with Gasteiger partial charge in [0.15, 0.2) is 0 Å². The van der Waals surface area contributed by atoms with E-state index in [1.165, 1.54) is 5.56 Å². The van der Waals surface area contributed by atoms with Crippen LogP contribution in [0.5, 0.6) is 5.75 Å².